The lowest BCUT2D eigenvalue weighted by Gasteiger charge is -2.35. The highest BCUT2D eigenvalue weighted by atomic mass is 32.1. The number of aryl methyl sites for hydroxylation is 1. The number of nitrogens with zero attached hydrogens (tertiary/aromatic N) is 4. The van der Waals surface area contributed by atoms with E-state index >= 15 is 0 Å². The Morgan fingerprint density at radius 3 is 2.83 bits per heavy atom. The lowest BCUT2D eigenvalue weighted by Crippen LogP contribution is -2.47. The number of fused-ring (bicyclic) bond motifs is 3. The number of piperazine rings is 1. The molecular weight excluding hydrogens is 316 g/mol. The van der Waals surface area contributed by atoms with E-state index in [1.54, 1.807) is 11.2 Å². The van der Waals surface area contributed by atoms with Crippen molar-refractivity contribution in [2.75, 3.05) is 37.6 Å². The van der Waals surface area contributed by atoms with Crippen LogP contribution in [0.5, 0.6) is 0 Å². The van der Waals surface area contributed by atoms with E-state index in [4.69, 9.17) is 4.98 Å². The van der Waals surface area contributed by atoms with Crippen LogP contribution in [-0.2, 0) is 12.8 Å². The third-order valence-corrected chi connectivity index (χ3v) is 6.43. The summed E-state index contributed by atoms with van der Waals surface area (Å²) in [6.07, 6.45) is 5.46. The van der Waals surface area contributed by atoms with E-state index in [-0.39, 0.29) is 0 Å². The summed E-state index contributed by atoms with van der Waals surface area (Å²) < 4.78 is 0. The minimum absolute atomic E-state index is 0.774. The van der Waals surface area contributed by atoms with Gasteiger partial charge in [0.15, 0.2) is 0 Å². The molecule has 4 rings (SSSR count). The number of thiophene rings is 1. The van der Waals surface area contributed by atoms with Gasteiger partial charge in [-0.15, -0.1) is 11.3 Å². The maximum Gasteiger partial charge on any atom is 0.141 e. The fourth-order valence-electron chi connectivity index (χ4n) is 4.00. The Labute approximate surface area is 148 Å². The van der Waals surface area contributed by atoms with E-state index in [0.717, 1.165) is 38.6 Å². The van der Waals surface area contributed by atoms with Crippen LogP contribution in [-0.4, -0.2) is 47.6 Å². The van der Waals surface area contributed by atoms with Crippen LogP contribution in [0.1, 0.15) is 30.7 Å². The molecule has 24 heavy (non-hydrogen) atoms. The van der Waals surface area contributed by atoms with Gasteiger partial charge in [0, 0.05) is 37.6 Å². The average molecular weight is 343 g/mol. The first-order valence-corrected chi connectivity index (χ1v) is 9.80. The number of hydrogen-bond acceptors (Lipinski definition) is 5. The highest BCUT2D eigenvalue weighted by molar-refractivity contribution is 7.19. The largest absolute Gasteiger partial charge is 0.353 e. The molecule has 1 fully saturated rings. The predicted octanol–water partition coefficient (Wildman–Crippen LogP) is 3.51. The zero-order chi connectivity index (χ0) is 16.7. The zero-order valence-corrected chi connectivity index (χ0v) is 15.5. The normalized spacial score (nSPS) is 21.9. The Balaban J connectivity index is 1.63. The Morgan fingerprint density at radius 1 is 1.29 bits per heavy atom. The fourth-order valence-corrected chi connectivity index (χ4v) is 5.18. The van der Waals surface area contributed by atoms with Crippen LogP contribution in [0, 0.1) is 5.92 Å². The molecule has 128 valence electrons. The van der Waals surface area contributed by atoms with Gasteiger partial charge in [0.25, 0.3) is 0 Å². The quantitative estimate of drug-likeness (QED) is 0.799. The standard InChI is InChI=1S/C19H26N4S/c1-13(2)11-22-6-8-23(9-7-22)18-17-15-10-14(3)4-5-16(15)24-19(17)21-12-20-18/h12,14H,1,4-11H2,2-3H3. The molecule has 0 bridgehead atoms. The van der Waals surface area contributed by atoms with E-state index < -0.39 is 0 Å². The van der Waals surface area contributed by atoms with Gasteiger partial charge in [-0.2, -0.15) is 0 Å². The molecule has 1 atom stereocenters. The summed E-state index contributed by atoms with van der Waals surface area (Å²) in [5.41, 5.74) is 2.78. The van der Waals surface area contributed by atoms with E-state index in [9.17, 15) is 0 Å². The third kappa shape index (κ3) is 2.95. The van der Waals surface area contributed by atoms with Crippen LogP contribution in [0.15, 0.2) is 18.5 Å². The van der Waals surface area contributed by atoms with Crippen molar-refractivity contribution in [1.82, 2.24) is 14.9 Å². The molecule has 5 heteroatoms. The number of aromatic nitrogens is 2. The van der Waals surface area contributed by atoms with Gasteiger partial charge >= 0.3 is 0 Å². The summed E-state index contributed by atoms with van der Waals surface area (Å²) in [6.45, 7) is 13.8. The van der Waals surface area contributed by atoms with Crippen molar-refractivity contribution in [2.24, 2.45) is 5.92 Å². The number of hydrogen-bond donors (Lipinski definition) is 0. The first-order valence-electron chi connectivity index (χ1n) is 8.98. The van der Waals surface area contributed by atoms with Gasteiger partial charge < -0.3 is 4.90 Å². The van der Waals surface area contributed by atoms with E-state index in [0.29, 0.717) is 0 Å². The minimum Gasteiger partial charge on any atom is -0.353 e. The molecule has 2 aromatic rings. The van der Waals surface area contributed by atoms with Crippen molar-refractivity contribution in [1.29, 1.82) is 0 Å². The van der Waals surface area contributed by atoms with E-state index in [2.05, 4.69) is 35.2 Å². The summed E-state index contributed by atoms with van der Waals surface area (Å²) in [5.74, 6) is 1.94. The van der Waals surface area contributed by atoms with Gasteiger partial charge in [-0.1, -0.05) is 19.1 Å². The summed E-state index contributed by atoms with van der Waals surface area (Å²) in [7, 11) is 0. The molecule has 0 saturated carbocycles. The predicted molar refractivity (Wildman–Crippen MR) is 102 cm³/mol. The maximum absolute atomic E-state index is 4.71. The van der Waals surface area contributed by atoms with Gasteiger partial charge in [-0.05, 0) is 37.7 Å². The van der Waals surface area contributed by atoms with Crippen molar-refractivity contribution in [3.8, 4) is 0 Å². The molecule has 1 aliphatic heterocycles. The van der Waals surface area contributed by atoms with E-state index in [1.807, 2.05) is 11.3 Å². The second kappa shape index (κ2) is 6.45. The van der Waals surface area contributed by atoms with Crippen LogP contribution < -0.4 is 4.90 Å². The molecule has 0 N–H and O–H groups in total. The Hall–Kier alpha value is -1.46. The summed E-state index contributed by atoms with van der Waals surface area (Å²) >= 11 is 1.89. The second-order valence-electron chi connectivity index (χ2n) is 7.45. The lowest BCUT2D eigenvalue weighted by atomic mass is 9.88. The summed E-state index contributed by atoms with van der Waals surface area (Å²) in [4.78, 5) is 17.0. The molecule has 1 unspecified atom stereocenters. The molecule has 3 heterocycles. The minimum atomic E-state index is 0.774. The van der Waals surface area contributed by atoms with Gasteiger partial charge in [0.05, 0.1) is 5.39 Å². The van der Waals surface area contributed by atoms with Gasteiger partial charge in [0.1, 0.15) is 17.0 Å². The third-order valence-electron chi connectivity index (χ3n) is 5.23. The zero-order valence-electron chi connectivity index (χ0n) is 14.7. The topological polar surface area (TPSA) is 32.3 Å². The molecule has 2 aromatic heterocycles. The Kier molecular flexibility index (Phi) is 4.31. The van der Waals surface area contributed by atoms with Gasteiger partial charge in [-0.25, -0.2) is 9.97 Å². The highest BCUT2D eigenvalue weighted by Gasteiger charge is 2.26. The average Bonchev–Trinajstić information content (AvgIpc) is 2.93. The Morgan fingerprint density at radius 2 is 2.08 bits per heavy atom. The molecule has 4 nitrogen and oxygen atoms in total. The molecule has 2 aliphatic rings. The number of rotatable bonds is 3. The molecule has 1 aliphatic carbocycles. The second-order valence-corrected chi connectivity index (χ2v) is 8.53. The van der Waals surface area contributed by atoms with Crippen molar-refractivity contribution < 1.29 is 0 Å². The molecule has 1 saturated heterocycles. The smallest absolute Gasteiger partial charge is 0.141 e. The van der Waals surface area contributed by atoms with Crippen LogP contribution >= 0.6 is 11.3 Å². The van der Waals surface area contributed by atoms with Crippen molar-refractivity contribution in [2.45, 2.75) is 33.1 Å². The first-order chi connectivity index (χ1) is 11.6. The van der Waals surface area contributed by atoms with Crippen molar-refractivity contribution in [3.63, 3.8) is 0 Å². The monoisotopic (exact) mass is 342 g/mol. The fraction of sp³-hybridized carbons (Fsp3) is 0.579. The maximum atomic E-state index is 4.71. The molecule has 0 amide bonds. The summed E-state index contributed by atoms with van der Waals surface area (Å²) in [6, 6.07) is 0. The van der Waals surface area contributed by atoms with Gasteiger partial charge in [0.2, 0.25) is 0 Å². The lowest BCUT2D eigenvalue weighted by molar-refractivity contribution is 0.278. The van der Waals surface area contributed by atoms with Crippen LogP contribution in [0.4, 0.5) is 5.82 Å². The first kappa shape index (κ1) is 16.0. The SMILES string of the molecule is C=C(C)CN1CCN(c2ncnc3sc4c(c23)CC(C)CC4)CC1. The van der Waals surface area contributed by atoms with Crippen molar-refractivity contribution in [3.05, 3.63) is 28.9 Å². The van der Waals surface area contributed by atoms with E-state index in [1.165, 1.54) is 46.4 Å². The molecular formula is C19H26N4S. The summed E-state index contributed by atoms with van der Waals surface area (Å²) in [5, 5.41) is 1.34. The van der Waals surface area contributed by atoms with Crippen LogP contribution in [0.3, 0.4) is 0 Å². The van der Waals surface area contributed by atoms with Crippen LogP contribution in [0.2, 0.25) is 0 Å². The highest BCUT2D eigenvalue weighted by Crippen LogP contribution is 2.40. The molecule has 0 aromatic carbocycles. The van der Waals surface area contributed by atoms with Crippen LogP contribution in [0.25, 0.3) is 10.2 Å². The number of anilines is 1. The molecule has 0 spiro atoms. The van der Waals surface area contributed by atoms with Gasteiger partial charge in [-0.3, -0.25) is 4.90 Å². The molecule has 0 radical (unpaired) electrons. The Bertz CT molecular complexity index is 758. The van der Waals surface area contributed by atoms with Crippen molar-refractivity contribution >= 4 is 27.4 Å².